The lowest BCUT2D eigenvalue weighted by Crippen LogP contribution is -2.10. The Labute approximate surface area is 123 Å². The lowest BCUT2D eigenvalue weighted by atomic mass is 10.0. The van der Waals surface area contributed by atoms with Crippen LogP contribution in [0.4, 0.5) is 0 Å². The van der Waals surface area contributed by atoms with Crippen LogP contribution in [0.3, 0.4) is 0 Å². The molecular weight excluding hydrogens is 242 g/mol. The number of hydrogen-bond donors (Lipinski definition) is 1. The number of hydrogen-bond acceptors (Lipinski definition) is 1. The molecule has 1 atom stereocenters. The number of benzene rings is 1. The zero-order chi connectivity index (χ0) is 14.5. The van der Waals surface area contributed by atoms with Gasteiger partial charge in [-0.1, -0.05) is 42.3 Å². The Bertz CT molecular complexity index is 541. The SMILES string of the molecule is C/C=C(\NC1=CCCC(C)C=C1)c1cc(C)cc(C)c1. The van der Waals surface area contributed by atoms with Crippen LogP contribution in [0.5, 0.6) is 0 Å². The van der Waals surface area contributed by atoms with Gasteiger partial charge >= 0.3 is 0 Å². The molecule has 1 aromatic carbocycles. The van der Waals surface area contributed by atoms with Crippen molar-refractivity contribution in [1.82, 2.24) is 5.32 Å². The van der Waals surface area contributed by atoms with Crippen molar-refractivity contribution in [3.05, 3.63) is 64.9 Å². The predicted molar refractivity (Wildman–Crippen MR) is 88.3 cm³/mol. The van der Waals surface area contributed by atoms with Crippen molar-refractivity contribution < 1.29 is 0 Å². The zero-order valence-corrected chi connectivity index (χ0v) is 13.0. The molecule has 0 aliphatic heterocycles. The van der Waals surface area contributed by atoms with Crippen LogP contribution in [0.15, 0.2) is 48.2 Å². The van der Waals surface area contributed by atoms with E-state index < -0.39 is 0 Å². The molecule has 0 bridgehead atoms. The third-order valence-electron chi connectivity index (χ3n) is 3.69. The van der Waals surface area contributed by atoms with Crippen LogP contribution in [0.25, 0.3) is 5.70 Å². The minimum absolute atomic E-state index is 0.667. The van der Waals surface area contributed by atoms with Gasteiger partial charge in [0.15, 0.2) is 0 Å². The van der Waals surface area contributed by atoms with Gasteiger partial charge in [0.25, 0.3) is 0 Å². The smallest absolute Gasteiger partial charge is 0.0414 e. The van der Waals surface area contributed by atoms with Crippen LogP contribution >= 0.6 is 0 Å². The monoisotopic (exact) mass is 267 g/mol. The van der Waals surface area contributed by atoms with Crippen molar-refractivity contribution in [1.29, 1.82) is 0 Å². The molecule has 1 heteroatoms. The summed E-state index contributed by atoms with van der Waals surface area (Å²) in [4.78, 5) is 0. The van der Waals surface area contributed by atoms with Gasteiger partial charge in [-0.25, -0.2) is 0 Å². The second kappa shape index (κ2) is 6.60. The Kier molecular flexibility index (Phi) is 4.84. The van der Waals surface area contributed by atoms with Crippen molar-refractivity contribution in [2.75, 3.05) is 0 Å². The molecule has 106 valence electrons. The van der Waals surface area contributed by atoms with Gasteiger partial charge in [-0.3, -0.25) is 0 Å². The quantitative estimate of drug-likeness (QED) is 0.801. The van der Waals surface area contributed by atoms with Crippen LogP contribution in [-0.4, -0.2) is 0 Å². The number of aryl methyl sites for hydroxylation is 2. The summed E-state index contributed by atoms with van der Waals surface area (Å²) >= 11 is 0. The second-order valence-electron chi connectivity index (χ2n) is 5.78. The van der Waals surface area contributed by atoms with Crippen molar-refractivity contribution in [3.63, 3.8) is 0 Å². The molecule has 0 spiro atoms. The molecule has 1 N–H and O–H groups in total. The van der Waals surface area contributed by atoms with Gasteiger partial charge in [-0.05, 0) is 63.3 Å². The van der Waals surface area contributed by atoms with E-state index in [1.165, 1.54) is 34.5 Å². The van der Waals surface area contributed by atoms with Crippen LogP contribution in [-0.2, 0) is 0 Å². The third kappa shape index (κ3) is 3.86. The summed E-state index contributed by atoms with van der Waals surface area (Å²) in [5.41, 5.74) is 6.26. The van der Waals surface area contributed by atoms with E-state index in [1.807, 2.05) is 0 Å². The molecule has 0 saturated heterocycles. The van der Waals surface area contributed by atoms with Gasteiger partial charge in [0.05, 0.1) is 0 Å². The molecule has 0 radical (unpaired) electrons. The maximum absolute atomic E-state index is 3.57. The van der Waals surface area contributed by atoms with Crippen molar-refractivity contribution >= 4 is 5.70 Å². The predicted octanol–water partition coefficient (Wildman–Crippen LogP) is 5.12. The largest absolute Gasteiger partial charge is 0.356 e. The third-order valence-corrected chi connectivity index (χ3v) is 3.69. The first kappa shape index (κ1) is 14.6. The summed E-state index contributed by atoms with van der Waals surface area (Å²) in [6, 6.07) is 6.68. The molecular formula is C19H25N. The first-order valence-corrected chi connectivity index (χ1v) is 7.49. The number of nitrogens with one attached hydrogen (secondary N) is 1. The molecule has 0 aromatic heterocycles. The minimum atomic E-state index is 0.667. The topological polar surface area (TPSA) is 12.0 Å². The highest BCUT2D eigenvalue weighted by molar-refractivity contribution is 5.67. The van der Waals surface area contributed by atoms with E-state index in [0.717, 1.165) is 6.42 Å². The van der Waals surface area contributed by atoms with Crippen molar-refractivity contribution in [3.8, 4) is 0 Å². The highest BCUT2D eigenvalue weighted by atomic mass is 14.9. The summed E-state index contributed by atoms with van der Waals surface area (Å²) in [6.45, 7) is 8.66. The summed E-state index contributed by atoms with van der Waals surface area (Å²) in [5, 5.41) is 3.57. The van der Waals surface area contributed by atoms with Gasteiger partial charge in [0, 0.05) is 11.4 Å². The van der Waals surface area contributed by atoms with Crippen molar-refractivity contribution in [2.45, 2.75) is 40.5 Å². The molecule has 20 heavy (non-hydrogen) atoms. The Morgan fingerprint density at radius 1 is 1.20 bits per heavy atom. The van der Waals surface area contributed by atoms with E-state index in [1.54, 1.807) is 0 Å². The molecule has 0 saturated carbocycles. The van der Waals surface area contributed by atoms with E-state index in [-0.39, 0.29) is 0 Å². The molecule has 0 amide bonds. The lowest BCUT2D eigenvalue weighted by Gasteiger charge is -2.13. The molecule has 1 unspecified atom stereocenters. The van der Waals surface area contributed by atoms with E-state index in [2.05, 4.69) is 75.5 Å². The maximum Gasteiger partial charge on any atom is 0.0414 e. The Hall–Kier alpha value is -1.76. The van der Waals surface area contributed by atoms with Gasteiger partial charge in [-0.15, -0.1) is 0 Å². The summed E-state index contributed by atoms with van der Waals surface area (Å²) in [6.07, 6.45) is 11.3. The lowest BCUT2D eigenvalue weighted by molar-refractivity contribution is 0.662. The summed E-state index contributed by atoms with van der Waals surface area (Å²) in [7, 11) is 0. The van der Waals surface area contributed by atoms with Gasteiger partial charge in [0.2, 0.25) is 0 Å². The second-order valence-corrected chi connectivity index (χ2v) is 5.78. The number of rotatable bonds is 3. The molecule has 0 heterocycles. The Balaban J connectivity index is 2.21. The molecule has 0 fully saturated rings. The summed E-state index contributed by atoms with van der Waals surface area (Å²) in [5.74, 6) is 0.667. The van der Waals surface area contributed by atoms with Gasteiger partial charge < -0.3 is 5.32 Å². The van der Waals surface area contributed by atoms with E-state index in [0.29, 0.717) is 5.92 Å². The van der Waals surface area contributed by atoms with Crippen LogP contribution in [0, 0.1) is 19.8 Å². The molecule has 2 rings (SSSR count). The molecule has 1 aliphatic carbocycles. The first-order valence-electron chi connectivity index (χ1n) is 7.49. The van der Waals surface area contributed by atoms with Gasteiger partial charge in [-0.2, -0.15) is 0 Å². The van der Waals surface area contributed by atoms with Crippen LogP contribution in [0.2, 0.25) is 0 Å². The first-order chi connectivity index (χ1) is 9.58. The van der Waals surface area contributed by atoms with E-state index in [4.69, 9.17) is 0 Å². The van der Waals surface area contributed by atoms with Crippen LogP contribution < -0.4 is 5.32 Å². The fourth-order valence-electron chi connectivity index (χ4n) is 2.62. The average Bonchev–Trinajstić information content (AvgIpc) is 2.59. The maximum atomic E-state index is 3.57. The molecule has 1 aliphatic rings. The zero-order valence-electron chi connectivity index (χ0n) is 13.0. The molecule has 1 nitrogen and oxygen atoms in total. The minimum Gasteiger partial charge on any atom is -0.356 e. The van der Waals surface area contributed by atoms with E-state index in [9.17, 15) is 0 Å². The van der Waals surface area contributed by atoms with Crippen LogP contribution in [0.1, 0.15) is 43.4 Å². The number of allylic oxidation sites excluding steroid dienone is 4. The summed E-state index contributed by atoms with van der Waals surface area (Å²) < 4.78 is 0. The highest BCUT2D eigenvalue weighted by Gasteiger charge is 2.06. The average molecular weight is 267 g/mol. The van der Waals surface area contributed by atoms with Crippen molar-refractivity contribution in [2.24, 2.45) is 5.92 Å². The van der Waals surface area contributed by atoms with E-state index >= 15 is 0 Å². The highest BCUT2D eigenvalue weighted by Crippen LogP contribution is 2.20. The fraction of sp³-hybridized carbons (Fsp3) is 0.368. The standard InChI is InChI=1S/C19H25N/c1-5-19(17-12-15(3)11-16(4)13-17)20-18-8-6-7-14(2)9-10-18/h5,8-14,20H,6-7H2,1-4H3/b19-5-. The molecule has 1 aromatic rings. The fourth-order valence-corrected chi connectivity index (χ4v) is 2.62. The Morgan fingerprint density at radius 3 is 2.55 bits per heavy atom. The normalized spacial score (nSPS) is 19.5. The van der Waals surface area contributed by atoms with Gasteiger partial charge in [0.1, 0.15) is 0 Å². The Morgan fingerprint density at radius 2 is 1.90 bits per heavy atom.